The van der Waals surface area contributed by atoms with E-state index in [9.17, 15) is 9.90 Å². The second-order valence-electron chi connectivity index (χ2n) is 7.31. The Hall–Kier alpha value is -1.59. The number of hydrogen-bond acceptors (Lipinski definition) is 3. The smallest absolute Gasteiger partial charge is 0.319 e. The highest BCUT2D eigenvalue weighted by atomic mass is 16.3. The Kier molecular flexibility index (Phi) is 5.41. The first-order valence-electron chi connectivity index (χ1n) is 9.00. The Bertz CT molecular complexity index is 543. The lowest BCUT2D eigenvalue weighted by Crippen LogP contribution is -2.44. The average molecular weight is 331 g/mol. The van der Waals surface area contributed by atoms with Crippen LogP contribution in [0.5, 0.6) is 0 Å². The quantitative estimate of drug-likeness (QED) is 0.881. The van der Waals surface area contributed by atoms with Crippen LogP contribution in [-0.4, -0.2) is 67.3 Å². The van der Waals surface area contributed by atoms with Gasteiger partial charge in [-0.1, -0.05) is 30.3 Å². The molecule has 132 valence electrons. The van der Waals surface area contributed by atoms with Gasteiger partial charge in [0.05, 0.1) is 0 Å². The summed E-state index contributed by atoms with van der Waals surface area (Å²) in [6.45, 7) is 4.35. The van der Waals surface area contributed by atoms with Crippen LogP contribution in [0.3, 0.4) is 0 Å². The molecule has 2 N–H and O–H groups in total. The van der Waals surface area contributed by atoms with Gasteiger partial charge in [0, 0.05) is 39.2 Å². The number of amides is 2. The molecule has 0 bridgehead atoms. The Morgan fingerprint density at radius 3 is 2.71 bits per heavy atom. The fourth-order valence-electron chi connectivity index (χ4n) is 4.20. The van der Waals surface area contributed by atoms with Crippen molar-refractivity contribution in [3.05, 3.63) is 35.9 Å². The number of likely N-dealkylation sites (N-methyl/N-ethyl adjacent to an activating group) is 1. The molecule has 0 aromatic heterocycles. The van der Waals surface area contributed by atoms with Crippen molar-refractivity contribution in [1.29, 1.82) is 0 Å². The highest BCUT2D eigenvalue weighted by Gasteiger charge is 2.48. The predicted molar refractivity (Wildman–Crippen MR) is 94.9 cm³/mol. The molecule has 1 spiro atoms. The normalized spacial score (nSPS) is 22.8. The summed E-state index contributed by atoms with van der Waals surface area (Å²) in [6, 6.07) is 10.4. The maximum atomic E-state index is 12.8. The summed E-state index contributed by atoms with van der Waals surface area (Å²) in [6.07, 6.45) is 2.97. The summed E-state index contributed by atoms with van der Waals surface area (Å²) < 4.78 is 0. The first-order chi connectivity index (χ1) is 11.6. The molecule has 2 aliphatic rings. The van der Waals surface area contributed by atoms with Gasteiger partial charge in [0.2, 0.25) is 0 Å². The molecule has 2 heterocycles. The number of benzene rings is 1. The number of nitrogens with zero attached hydrogens (tertiary/aromatic N) is 2. The van der Waals surface area contributed by atoms with Gasteiger partial charge in [0.25, 0.3) is 0 Å². The molecule has 1 aromatic rings. The second-order valence-corrected chi connectivity index (χ2v) is 7.31. The summed E-state index contributed by atoms with van der Waals surface area (Å²) >= 11 is 0. The largest absolute Gasteiger partial charge is 0.396 e. The predicted octanol–water partition coefficient (Wildman–Crippen LogP) is 1.57. The van der Waals surface area contributed by atoms with Crippen LogP contribution in [0.2, 0.25) is 0 Å². The molecule has 2 amide bonds. The monoisotopic (exact) mass is 331 g/mol. The van der Waals surface area contributed by atoms with Crippen LogP contribution in [0.25, 0.3) is 0 Å². The molecule has 24 heavy (non-hydrogen) atoms. The minimum absolute atomic E-state index is 0.0970. The van der Waals surface area contributed by atoms with Gasteiger partial charge in [0.15, 0.2) is 0 Å². The third-order valence-corrected chi connectivity index (χ3v) is 5.81. The molecule has 5 heteroatoms. The molecule has 0 radical (unpaired) electrons. The molecule has 0 saturated carbocycles. The van der Waals surface area contributed by atoms with Crippen molar-refractivity contribution >= 4 is 6.03 Å². The van der Waals surface area contributed by atoms with Gasteiger partial charge in [0.1, 0.15) is 0 Å². The second kappa shape index (κ2) is 7.53. The van der Waals surface area contributed by atoms with Crippen molar-refractivity contribution in [2.24, 2.45) is 11.3 Å². The first kappa shape index (κ1) is 17.2. The molecular formula is C19H29N3O2. The fourth-order valence-corrected chi connectivity index (χ4v) is 4.20. The van der Waals surface area contributed by atoms with E-state index in [0.717, 1.165) is 45.4 Å². The fraction of sp³-hybridized carbons (Fsp3) is 0.632. The molecule has 2 saturated heterocycles. The molecule has 1 unspecified atom stereocenters. The van der Waals surface area contributed by atoms with E-state index in [0.29, 0.717) is 6.54 Å². The van der Waals surface area contributed by atoms with E-state index < -0.39 is 0 Å². The molecule has 3 rings (SSSR count). The first-order valence-corrected chi connectivity index (χ1v) is 9.00. The van der Waals surface area contributed by atoms with E-state index in [1.807, 2.05) is 35.0 Å². The number of nitrogens with one attached hydrogen (secondary N) is 1. The van der Waals surface area contributed by atoms with Crippen molar-refractivity contribution in [1.82, 2.24) is 15.1 Å². The Morgan fingerprint density at radius 2 is 2.04 bits per heavy atom. The zero-order chi connectivity index (χ0) is 17.0. The van der Waals surface area contributed by atoms with E-state index in [1.54, 1.807) is 0 Å². The van der Waals surface area contributed by atoms with E-state index in [4.69, 9.17) is 0 Å². The van der Waals surface area contributed by atoms with Crippen molar-refractivity contribution in [2.45, 2.75) is 19.3 Å². The maximum absolute atomic E-state index is 12.8. The van der Waals surface area contributed by atoms with Crippen LogP contribution in [0, 0.1) is 11.3 Å². The van der Waals surface area contributed by atoms with Gasteiger partial charge in [-0.25, -0.2) is 4.79 Å². The zero-order valence-electron chi connectivity index (χ0n) is 14.6. The number of carbonyl (C=O) groups excluding carboxylic acids is 1. The number of rotatable bonds is 4. The number of aliphatic hydroxyl groups is 1. The SMILES string of the molecule is CN(CCc1ccccc1)C(=O)N1CC(CO)C2(CCNCC2)C1. The molecule has 2 aliphatic heterocycles. The number of urea groups is 1. The lowest BCUT2D eigenvalue weighted by Gasteiger charge is -2.37. The molecule has 1 atom stereocenters. The van der Waals surface area contributed by atoms with E-state index >= 15 is 0 Å². The summed E-state index contributed by atoms with van der Waals surface area (Å²) in [4.78, 5) is 16.6. The molecule has 1 aromatic carbocycles. The third kappa shape index (κ3) is 3.57. The van der Waals surface area contributed by atoms with Crippen molar-refractivity contribution in [3.63, 3.8) is 0 Å². The Balaban J connectivity index is 1.58. The lowest BCUT2D eigenvalue weighted by atomic mass is 9.71. The zero-order valence-corrected chi connectivity index (χ0v) is 14.6. The average Bonchev–Trinajstić information content (AvgIpc) is 2.98. The van der Waals surface area contributed by atoms with Crippen LogP contribution in [-0.2, 0) is 6.42 Å². The maximum Gasteiger partial charge on any atom is 0.319 e. The summed E-state index contributed by atoms with van der Waals surface area (Å²) in [7, 11) is 1.88. The minimum Gasteiger partial charge on any atom is -0.396 e. The van der Waals surface area contributed by atoms with Crippen LogP contribution in [0.15, 0.2) is 30.3 Å². The topological polar surface area (TPSA) is 55.8 Å². The van der Waals surface area contributed by atoms with Crippen LogP contribution in [0.1, 0.15) is 18.4 Å². The van der Waals surface area contributed by atoms with Crippen LogP contribution < -0.4 is 5.32 Å². The summed E-state index contributed by atoms with van der Waals surface area (Å²) in [5.74, 6) is 0.214. The number of likely N-dealkylation sites (tertiary alicyclic amines) is 1. The Labute approximate surface area is 144 Å². The molecule has 5 nitrogen and oxygen atoms in total. The highest BCUT2D eigenvalue weighted by Crippen LogP contribution is 2.43. The standard InChI is InChI=1S/C19H29N3O2/c1-21(12-7-16-5-3-2-4-6-16)18(24)22-13-17(14-23)19(15-22)8-10-20-11-9-19/h2-6,17,20,23H,7-15H2,1H3. The van der Waals surface area contributed by atoms with Gasteiger partial charge in [-0.2, -0.15) is 0 Å². The number of piperidine rings is 1. The van der Waals surface area contributed by atoms with Gasteiger partial charge < -0.3 is 20.2 Å². The minimum atomic E-state index is 0.0970. The van der Waals surface area contributed by atoms with E-state index in [1.165, 1.54) is 5.56 Å². The van der Waals surface area contributed by atoms with E-state index in [-0.39, 0.29) is 24.0 Å². The van der Waals surface area contributed by atoms with Crippen molar-refractivity contribution in [3.8, 4) is 0 Å². The van der Waals surface area contributed by atoms with Gasteiger partial charge in [-0.15, -0.1) is 0 Å². The lowest BCUT2D eigenvalue weighted by molar-refractivity contribution is 0.0984. The third-order valence-electron chi connectivity index (χ3n) is 5.81. The van der Waals surface area contributed by atoms with Crippen LogP contribution in [0.4, 0.5) is 4.79 Å². The molecular weight excluding hydrogens is 302 g/mol. The highest BCUT2D eigenvalue weighted by molar-refractivity contribution is 5.74. The summed E-state index contributed by atoms with van der Waals surface area (Å²) in [5, 5.41) is 13.2. The number of hydrogen-bond donors (Lipinski definition) is 2. The van der Waals surface area contributed by atoms with Crippen molar-refractivity contribution < 1.29 is 9.90 Å². The van der Waals surface area contributed by atoms with Crippen LogP contribution >= 0.6 is 0 Å². The Morgan fingerprint density at radius 1 is 1.33 bits per heavy atom. The van der Waals surface area contributed by atoms with Gasteiger partial charge >= 0.3 is 6.03 Å². The molecule has 2 fully saturated rings. The summed E-state index contributed by atoms with van der Waals surface area (Å²) in [5.41, 5.74) is 1.36. The molecule has 0 aliphatic carbocycles. The number of carbonyl (C=O) groups is 1. The number of aliphatic hydroxyl groups excluding tert-OH is 1. The van der Waals surface area contributed by atoms with Gasteiger partial charge in [-0.05, 0) is 43.3 Å². The van der Waals surface area contributed by atoms with Crippen molar-refractivity contribution in [2.75, 3.05) is 46.4 Å². The van der Waals surface area contributed by atoms with E-state index in [2.05, 4.69) is 17.4 Å². The van der Waals surface area contributed by atoms with Gasteiger partial charge in [-0.3, -0.25) is 0 Å².